The van der Waals surface area contributed by atoms with Crippen LogP contribution in [-0.4, -0.2) is 40.5 Å². The van der Waals surface area contributed by atoms with Crippen molar-refractivity contribution in [3.63, 3.8) is 0 Å². The van der Waals surface area contributed by atoms with Crippen molar-refractivity contribution in [3.8, 4) is 0 Å². The van der Waals surface area contributed by atoms with Crippen molar-refractivity contribution < 1.29 is 32.7 Å². The Labute approximate surface area is 110 Å². The molecule has 0 saturated carbocycles. The van der Waals surface area contributed by atoms with Crippen LogP contribution in [0.2, 0.25) is 0 Å². The highest BCUT2D eigenvalue weighted by molar-refractivity contribution is 6.21. The van der Waals surface area contributed by atoms with Crippen LogP contribution in [0.4, 0.5) is 13.2 Å². The second-order valence-electron chi connectivity index (χ2n) is 4.19. The van der Waals surface area contributed by atoms with E-state index < -0.39 is 36.9 Å². The van der Waals surface area contributed by atoms with E-state index in [1.807, 2.05) is 0 Å². The normalized spacial score (nSPS) is 14.7. The van der Waals surface area contributed by atoms with Gasteiger partial charge in [0.2, 0.25) is 0 Å². The molecule has 0 atom stereocenters. The second kappa shape index (κ2) is 4.62. The first-order valence-corrected chi connectivity index (χ1v) is 5.51. The average Bonchev–Trinajstić information content (AvgIpc) is 2.58. The third-order valence-electron chi connectivity index (χ3n) is 2.84. The monoisotopic (exact) mass is 287 g/mol. The number of hydrogen-bond donors (Lipinski definition) is 1. The predicted octanol–water partition coefficient (Wildman–Crippen LogP) is 1.93. The second-order valence-corrected chi connectivity index (χ2v) is 4.19. The van der Waals surface area contributed by atoms with Gasteiger partial charge in [0.05, 0.1) is 23.1 Å². The van der Waals surface area contributed by atoms with Crippen LogP contribution in [0.3, 0.4) is 0 Å². The van der Waals surface area contributed by atoms with E-state index in [9.17, 15) is 27.6 Å². The van der Waals surface area contributed by atoms with E-state index in [1.165, 1.54) is 0 Å². The van der Waals surface area contributed by atoms with Crippen LogP contribution in [0, 0.1) is 0 Å². The van der Waals surface area contributed by atoms with Crippen molar-refractivity contribution in [1.29, 1.82) is 0 Å². The van der Waals surface area contributed by atoms with Gasteiger partial charge in [-0.05, 0) is 18.2 Å². The van der Waals surface area contributed by atoms with Crippen LogP contribution >= 0.6 is 0 Å². The van der Waals surface area contributed by atoms with Gasteiger partial charge in [0.25, 0.3) is 11.8 Å². The van der Waals surface area contributed by atoms with Gasteiger partial charge < -0.3 is 5.11 Å². The van der Waals surface area contributed by atoms with Gasteiger partial charge in [0.15, 0.2) is 0 Å². The van der Waals surface area contributed by atoms with Gasteiger partial charge in [-0.2, -0.15) is 13.2 Å². The molecule has 1 N–H and O–H groups in total. The molecule has 5 nitrogen and oxygen atoms in total. The maximum absolute atomic E-state index is 12.1. The Balaban J connectivity index is 2.28. The number of carboxylic acid groups (broad SMARTS) is 1. The first kappa shape index (κ1) is 14.0. The maximum atomic E-state index is 12.1. The molecule has 106 valence electrons. The van der Waals surface area contributed by atoms with Gasteiger partial charge in [0.1, 0.15) is 0 Å². The largest absolute Gasteiger partial charge is 0.478 e. The number of hydrogen-bond acceptors (Lipinski definition) is 3. The smallest absolute Gasteiger partial charge is 0.390 e. The molecule has 1 aliphatic heterocycles. The number of halogens is 3. The molecule has 0 bridgehead atoms. The minimum absolute atomic E-state index is 0.0813. The summed E-state index contributed by atoms with van der Waals surface area (Å²) in [4.78, 5) is 34.9. The molecule has 0 fully saturated rings. The Morgan fingerprint density at radius 2 is 1.75 bits per heavy atom. The number of imide groups is 1. The molecule has 1 aromatic rings. The number of carboxylic acids is 1. The zero-order chi connectivity index (χ0) is 15.1. The van der Waals surface area contributed by atoms with Gasteiger partial charge in [0, 0.05) is 6.54 Å². The molecule has 2 amide bonds. The minimum atomic E-state index is -4.48. The predicted molar refractivity (Wildman–Crippen MR) is 59.4 cm³/mol. The van der Waals surface area contributed by atoms with Gasteiger partial charge in [-0.1, -0.05) is 0 Å². The lowest BCUT2D eigenvalue weighted by Gasteiger charge is -2.14. The van der Waals surface area contributed by atoms with Crippen molar-refractivity contribution in [2.75, 3.05) is 6.54 Å². The van der Waals surface area contributed by atoms with Crippen LogP contribution in [0.1, 0.15) is 37.5 Å². The SMILES string of the molecule is O=C(O)c1ccc2c(c1)C(=O)N(CCC(F)(F)F)C2=O. The van der Waals surface area contributed by atoms with Gasteiger partial charge >= 0.3 is 12.1 Å². The number of amides is 2. The van der Waals surface area contributed by atoms with E-state index >= 15 is 0 Å². The topological polar surface area (TPSA) is 74.7 Å². The Bertz CT molecular complexity index is 609. The molecular weight excluding hydrogens is 279 g/mol. The molecule has 0 unspecified atom stereocenters. The third kappa shape index (κ3) is 2.49. The number of benzene rings is 1. The van der Waals surface area contributed by atoms with Crippen LogP contribution in [-0.2, 0) is 0 Å². The van der Waals surface area contributed by atoms with E-state index in [2.05, 4.69) is 0 Å². The first-order chi connectivity index (χ1) is 9.20. The summed E-state index contributed by atoms with van der Waals surface area (Å²) in [5.41, 5.74) is -0.471. The molecule has 1 heterocycles. The van der Waals surface area contributed by atoms with Crippen molar-refractivity contribution in [2.45, 2.75) is 12.6 Å². The molecule has 1 aromatic carbocycles. The lowest BCUT2D eigenvalue weighted by atomic mass is 10.1. The summed E-state index contributed by atoms with van der Waals surface area (Å²) in [5, 5.41) is 8.79. The lowest BCUT2D eigenvalue weighted by molar-refractivity contribution is -0.135. The number of rotatable bonds is 3. The van der Waals surface area contributed by atoms with Gasteiger partial charge in [-0.25, -0.2) is 4.79 Å². The molecular formula is C12H8F3NO4. The summed E-state index contributed by atoms with van der Waals surface area (Å²) in [5.74, 6) is -3.04. The lowest BCUT2D eigenvalue weighted by Crippen LogP contribution is -2.33. The molecule has 0 spiro atoms. The van der Waals surface area contributed by atoms with E-state index in [4.69, 9.17) is 5.11 Å². The van der Waals surface area contributed by atoms with E-state index in [0.29, 0.717) is 4.90 Å². The van der Waals surface area contributed by atoms with Crippen LogP contribution in [0.15, 0.2) is 18.2 Å². The number of carbonyl (C=O) groups excluding carboxylic acids is 2. The summed E-state index contributed by atoms with van der Waals surface area (Å²) in [6, 6.07) is 3.25. The zero-order valence-electron chi connectivity index (χ0n) is 9.90. The average molecular weight is 287 g/mol. The fraction of sp³-hybridized carbons (Fsp3) is 0.250. The van der Waals surface area contributed by atoms with E-state index in [0.717, 1.165) is 18.2 Å². The number of fused-ring (bicyclic) bond motifs is 1. The van der Waals surface area contributed by atoms with Crippen LogP contribution in [0.25, 0.3) is 0 Å². The Hall–Kier alpha value is -2.38. The fourth-order valence-electron chi connectivity index (χ4n) is 1.87. The molecule has 1 aliphatic rings. The highest BCUT2D eigenvalue weighted by Gasteiger charge is 2.38. The molecule has 0 aromatic heterocycles. The highest BCUT2D eigenvalue weighted by Crippen LogP contribution is 2.27. The van der Waals surface area contributed by atoms with Gasteiger partial charge in [-0.15, -0.1) is 0 Å². The molecule has 20 heavy (non-hydrogen) atoms. The van der Waals surface area contributed by atoms with Crippen molar-refractivity contribution >= 4 is 17.8 Å². The summed E-state index contributed by atoms with van der Waals surface area (Å²) in [6.45, 7) is -0.780. The van der Waals surface area contributed by atoms with E-state index in [1.54, 1.807) is 0 Å². The summed E-state index contributed by atoms with van der Waals surface area (Å²) in [7, 11) is 0. The van der Waals surface area contributed by atoms with Crippen molar-refractivity contribution in [2.24, 2.45) is 0 Å². The Kier molecular flexibility index (Phi) is 3.24. The summed E-state index contributed by atoms with van der Waals surface area (Å²) >= 11 is 0. The quantitative estimate of drug-likeness (QED) is 0.862. The van der Waals surface area contributed by atoms with Crippen molar-refractivity contribution in [1.82, 2.24) is 4.90 Å². The van der Waals surface area contributed by atoms with Gasteiger partial charge in [-0.3, -0.25) is 14.5 Å². The standard InChI is InChI=1S/C12H8F3NO4/c13-12(14,15)3-4-16-9(17)7-2-1-6(11(19)20)5-8(7)10(16)18/h1-2,5H,3-4H2,(H,19,20). The van der Waals surface area contributed by atoms with E-state index in [-0.39, 0.29) is 16.7 Å². The number of carbonyl (C=O) groups is 3. The Morgan fingerprint density at radius 1 is 1.15 bits per heavy atom. The minimum Gasteiger partial charge on any atom is -0.478 e. The first-order valence-electron chi connectivity index (χ1n) is 5.51. The number of nitrogens with zero attached hydrogens (tertiary/aromatic N) is 1. The number of aromatic carboxylic acids is 1. The summed E-state index contributed by atoms with van der Waals surface area (Å²) < 4.78 is 36.4. The van der Waals surface area contributed by atoms with Crippen LogP contribution < -0.4 is 0 Å². The molecule has 0 aliphatic carbocycles. The molecule has 0 saturated heterocycles. The molecule has 8 heteroatoms. The van der Waals surface area contributed by atoms with Crippen LogP contribution in [0.5, 0.6) is 0 Å². The van der Waals surface area contributed by atoms with Crippen molar-refractivity contribution in [3.05, 3.63) is 34.9 Å². The third-order valence-corrected chi connectivity index (χ3v) is 2.84. The number of alkyl halides is 3. The fourth-order valence-corrected chi connectivity index (χ4v) is 1.87. The molecule has 0 radical (unpaired) electrons. The zero-order valence-corrected chi connectivity index (χ0v) is 9.90. The highest BCUT2D eigenvalue weighted by atomic mass is 19.4. The summed E-state index contributed by atoms with van der Waals surface area (Å²) in [6.07, 6.45) is -5.79. The molecule has 2 rings (SSSR count). The Morgan fingerprint density at radius 3 is 2.30 bits per heavy atom. The maximum Gasteiger partial charge on any atom is 0.390 e.